The largest absolute Gasteiger partial charge is 0.508 e. The molecule has 0 aliphatic rings. The smallest absolute Gasteiger partial charge is 0.335 e. The number of phenolic OH excluding ortho intramolecular Hbond substituents is 2. The van der Waals surface area contributed by atoms with Crippen molar-refractivity contribution in [2.75, 3.05) is 0 Å². The average molecular weight is 342 g/mol. The molecule has 0 aliphatic heterocycles. The summed E-state index contributed by atoms with van der Waals surface area (Å²) in [6.07, 6.45) is 0. The second kappa shape index (κ2) is 6.21. The van der Waals surface area contributed by atoms with Crippen molar-refractivity contribution in [3.63, 3.8) is 0 Å². The van der Waals surface area contributed by atoms with Gasteiger partial charge in [-0.15, -0.1) is 11.3 Å². The lowest BCUT2D eigenvalue weighted by molar-refractivity contribution is 0.0697. The first-order chi connectivity index (χ1) is 11.5. The lowest BCUT2D eigenvalue weighted by Crippen LogP contribution is -2.10. The van der Waals surface area contributed by atoms with Crippen LogP contribution in [0, 0.1) is 0 Å². The number of thiazole rings is 1. The number of carboxylic acids is 1. The SMILES string of the molecule is Cn1c(-c2ccc(O)cc2O)csc1=Nc1ccc(C(=O)O)cc1. The molecule has 0 saturated carbocycles. The predicted molar refractivity (Wildman–Crippen MR) is 90.7 cm³/mol. The first-order valence-corrected chi connectivity index (χ1v) is 7.88. The minimum Gasteiger partial charge on any atom is -0.508 e. The van der Waals surface area contributed by atoms with Gasteiger partial charge in [0.15, 0.2) is 4.80 Å². The van der Waals surface area contributed by atoms with Crippen LogP contribution in [-0.4, -0.2) is 25.9 Å². The molecule has 24 heavy (non-hydrogen) atoms. The summed E-state index contributed by atoms with van der Waals surface area (Å²) in [5, 5.41) is 30.2. The zero-order chi connectivity index (χ0) is 17.3. The summed E-state index contributed by atoms with van der Waals surface area (Å²) in [6, 6.07) is 10.7. The average Bonchev–Trinajstić information content (AvgIpc) is 2.89. The zero-order valence-corrected chi connectivity index (χ0v) is 13.5. The Bertz CT molecular complexity index is 971. The molecule has 0 spiro atoms. The molecule has 7 heteroatoms. The van der Waals surface area contributed by atoms with Crippen LogP contribution in [0.1, 0.15) is 10.4 Å². The topological polar surface area (TPSA) is 95.0 Å². The van der Waals surface area contributed by atoms with Gasteiger partial charge in [-0.3, -0.25) is 0 Å². The molecule has 2 aromatic carbocycles. The van der Waals surface area contributed by atoms with Crippen molar-refractivity contribution >= 4 is 23.0 Å². The summed E-state index contributed by atoms with van der Waals surface area (Å²) in [6.45, 7) is 0. The molecule has 0 saturated heterocycles. The quantitative estimate of drug-likeness (QED) is 0.681. The number of carbonyl (C=O) groups is 1. The van der Waals surface area contributed by atoms with Crippen LogP contribution in [0.3, 0.4) is 0 Å². The molecule has 0 atom stereocenters. The molecular weight excluding hydrogens is 328 g/mol. The summed E-state index contributed by atoms with van der Waals surface area (Å²) in [5.74, 6) is -0.994. The Labute approximate surface area is 141 Å². The van der Waals surface area contributed by atoms with Gasteiger partial charge in [-0.05, 0) is 36.4 Å². The van der Waals surface area contributed by atoms with Crippen molar-refractivity contribution < 1.29 is 20.1 Å². The molecule has 1 heterocycles. The lowest BCUT2D eigenvalue weighted by Gasteiger charge is -2.06. The van der Waals surface area contributed by atoms with Crippen LogP contribution in [-0.2, 0) is 7.05 Å². The van der Waals surface area contributed by atoms with Crippen molar-refractivity contribution in [1.82, 2.24) is 4.57 Å². The van der Waals surface area contributed by atoms with E-state index in [1.807, 2.05) is 17.0 Å². The first kappa shape index (κ1) is 15.8. The number of carboxylic acid groups (broad SMARTS) is 1. The monoisotopic (exact) mass is 342 g/mol. The van der Waals surface area contributed by atoms with Gasteiger partial charge in [0.25, 0.3) is 0 Å². The number of hydrogen-bond donors (Lipinski definition) is 3. The Morgan fingerprint density at radius 3 is 2.46 bits per heavy atom. The first-order valence-electron chi connectivity index (χ1n) is 7.00. The third-order valence-electron chi connectivity index (χ3n) is 3.52. The number of nitrogens with zero attached hydrogens (tertiary/aromatic N) is 2. The second-order valence-electron chi connectivity index (χ2n) is 5.13. The third-order valence-corrected chi connectivity index (χ3v) is 4.44. The lowest BCUT2D eigenvalue weighted by atomic mass is 10.1. The molecule has 0 unspecified atom stereocenters. The van der Waals surface area contributed by atoms with Crippen LogP contribution in [0.2, 0.25) is 0 Å². The standard InChI is InChI=1S/C17H14N2O4S/c1-19-14(13-7-6-12(20)8-15(13)21)9-24-17(19)18-11-4-2-10(3-5-11)16(22)23/h2-9,20-21H,1H3,(H,22,23). The molecular formula is C17H14N2O4S. The van der Waals surface area contributed by atoms with Gasteiger partial charge in [-0.2, -0.15) is 0 Å². The molecule has 3 N–H and O–H groups in total. The highest BCUT2D eigenvalue weighted by atomic mass is 32.1. The van der Waals surface area contributed by atoms with Crippen LogP contribution >= 0.6 is 11.3 Å². The van der Waals surface area contributed by atoms with Crippen LogP contribution in [0.4, 0.5) is 5.69 Å². The van der Waals surface area contributed by atoms with Gasteiger partial charge in [0.05, 0.1) is 16.9 Å². The fourth-order valence-electron chi connectivity index (χ4n) is 2.24. The Balaban J connectivity index is 2.01. The third kappa shape index (κ3) is 3.02. The van der Waals surface area contributed by atoms with E-state index in [0.29, 0.717) is 16.1 Å². The number of hydrogen-bond acceptors (Lipinski definition) is 5. The van der Waals surface area contributed by atoms with Crippen molar-refractivity contribution in [3.05, 3.63) is 58.2 Å². The van der Waals surface area contributed by atoms with Gasteiger partial charge in [-0.1, -0.05) is 0 Å². The van der Waals surface area contributed by atoms with Crippen molar-refractivity contribution in [1.29, 1.82) is 0 Å². The van der Waals surface area contributed by atoms with E-state index in [-0.39, 0.29) is 17.1 Å². The van der Waals surface area contributed by atoms with E-state index in [1.54, 1.807) is 18.2 Å². The fourth-order valence-corrected chi connectivity index (χ4v) is 3.16. The number of benzene rings is 2. The summed E-state index contributed by atoms with van der Waals surface area (Å²) in [7, 11) is 1.82. The molecule has 0 radical (unpaired) electrons. The van der Waals surface area contributed by atoms with Crippen LogP contribution in [0.25, 0.3) is 11.3 Å². The number of aromatic carboxylic acids is 1. The van der Waals surface area contributed by atoms with E-state index in [1.165, 1.54) is 35.6 Å². The highest BCUT2D eigenvalue weighted by molar-refractivity contribution is 7.07. The summed E-state index contributed by atoms with van der Waals surface area (Å²) in [5.41, 5.74) is 2.20. The molecule has 122 valence electrons. The Hall–Kier alpha value is -3.06. The highest BCUT2D eigenvalue weighted by Crippen LogP contribution is 2.31. The van der Waals surface area contributed by atoms with Gasteiger partial charge in [-0.25, -0.2) is 9.79 Å². The predicted octanol–water partition coefficient (Wildman–Crippen LogP) is 3.10. The normalized spacial score (nSPS) is 11.6. The van der Waals surface area contributed by atoms with Gasteiger partial charge in [0.1, 0.15) is 11.5 Å². The van der Waals surface area contributed by atoms with Crippen LogP contribution in [0.5, 0.6) is 11.5 Å². The van der Waals surface area contributed by atoms with E-state index in [9.17, 15) is 15.0 Å². The van der Waals surface area contributed by atoms with Gasteiger partial charge >= 0.3 is 5.97 Å². The maximum Gasteiger partial charge on any atom is 0.335 e. The number of aromatic nitrogens is 1. The fraction of sp³-hybridized carbons (Fsp3) is 0.0588. The summed E-state index contributed by atoms with van der Waals surface area (Å²) < 4.78 is 1.82. The van der Waals surface area contributed by atoms with E-state index < -0.39 is 5.97 Å². The Morgan fingerprint density at radius 1 is 1.12 bits per heavy atom. The number of aromatic hydroxyl groups is 2. The van der Waals surface area contributed by atoms with Crippen molar-refractivity contribution in [2.24, 2.45) is 12.0 Å². The minimum atomic E-state index is -0.978. The Kier molecular flexibility index (Phi) is 4.09. The summed E-state index contributed by atoms with van der Waals surface area (Å²) in [4.78, 5) is 16.1. The second-order valence-corrected chi connectivity index (χ2v) is 5.96. The molecule has 0 fully saturated rings. The number of phenols is 2. The maximum atomic E-state index is 10.9. The van der Waals surface area contributed by atoms with Crippen molar-refractivity contribution in [3.8, 4) is 22.8 Å². The van der Waals surface area contributed by atoms with Crippen LogP contribution < -0.4 is 4.80 Å². The maximum absolute atomic E-state index is 10.9. The van der Waals surface area contributed by atoms with Gasteiger partial charge in [0, 0.05) is 24.1 Å². The van der Waals surface area contributed by atoms with Crippen LogP contribution in [0.15, 0.2) is 52.8 Å². The molecule has 0 aliphatic carbocycles. The zero-order valence-electron chi connectivity index (χ0n) is 12.7. The molecule has 3 rings (SSSR count). The van der Waals surface area contributed by atoms with E-state index >= 15 is 0 Å². The molecule has 1 aromatic heterocycles. The molecule has 0 bridgehead atoms. The molecule has 0 amide bonds. The van der Waals surface area contributed by atoms with E-state index in [4.69, 9.17) is 5.11 Å². The minimum absolute atomic E-state index is 0.00226. The summed E-state index contributed by atoms with van der Waals surface area (Å²) >= 11 is 1.40. The van der Waals surface area contributed by atoms with Gasteiger partial charge < -0.3 is 19.9 Å². The van der Waals surface area contributed by atoms with Crippen molar-refractivity contribution in [2.45, 2.75) is 0 Å². The molecule has 6 nitrogen and oxygen atoms in total. The van der Waals surface area contributed by atoms with E-state index in [2.05, 4.69) is 4.99 Å². The highest BCUT2D eigenvalue weighted by Gasteiger charge is 2.10. The van der Waals surface area contributed by atoms with E-state index in [0.717, 1.165) is 5.69 Å². The van der Waals surface area contributed by atoms with Gasteiger partial charge in [0.2, 0.25) is 0 Å². The number of rotatable bonds is 3. The Morgan fingerprint density at radius 2 is 1.83 bits per heavy atom. The molecule has 3 aromatic rings.